The molecule has 1 rings (SSSR count). The number of nitrogens with one attached hydrogen (secondary N) is 1. The van der Waals surface area contributed by atoms with Crippen molar-refractivity contribution < 1.29 is 0 Å². The first kappa shape index (κ1) is 10.0. The molecule has 0 aromatic carbocycles. The second kappa shape index (κ2) is 4.83. The van der Waals surface area contributed by atoms with E-state index in [9.17, 15) is 0 Å². The third-order valence-corrected chi connectivity index (χ3v) is 2.63. The molecular weight excluding hydrogens is 148 g/mol. The fraction of sp³-hybridized carbons (Fsp3) is 1.00. The summed E-state index contributed by atoms with van der Waals surface area (Å²) in [6, 6.07) is 1.48. The summed E-state index contributed by atoms with van der Waals surface area (Å²) in [7, 11) is 0. The van der Waals surface area contributed by atoms with Crippen LogP contribution in [0.5, 0.6) is 0 Å². The molecule has 0 bridgehead atoms. The predicted octanol–water partition coefficient (Wildman–Crippen LogP) is 1.47. The van der Waals surface area contributed by atoms with Gasteiger partial charge < -0.3 is 5.32 Å². The molecule has 2 heteroatoms. The molecule has 0 unspecified atom stereocenters. The monoisotopic (exact) mass is 170 g/mol. The van der Waals surface area contributed by atoms with Crippen LogP contribution in [0, 0.1) is 0 Å². The van der Waals surface area contributed by atoms with E-state index in [0.29, 0.717) is 0 Å². The topological polar surface area (TPSA) is 15.3 Å². The van der Waals surface area contributed by atoms with Gasteiger partial charge in [0.1, 0.15) is 0 Å². The van der Waals surface area contributed by atoms with Gasteiger partial charge in [0.25, 0.3) is 0 Å². The number of hydrogen-bond acceptors (Lipinski definition) is 2. The zero-order valence-electron chi connectivity index (χ0n) is 8.64. The molecule has 2 nitrogen and oxygen atoms in total. The Kier molecular flexibility index (Phi) is 4.02. The first-order valence-electron chi connectivity index (χ1n) is 5.21. The molecule has 1 saturated heterocycles. The van der Waals surface area contributed by atoms with Crippen molar-refractivity contribution in [3.8, 4) is 0 Å². The van der Waals surface area contributed by atoms with Crippen molar-refractivity contribution in [2.45, 2.75) is 45.7 Å². The molecule has 1 aliphatic heterocycles. The smallest absolute Gasteiger partial charge is 0.0207 e. The quantitative estimate of drug-likeness (QED) is 0.687. The summed E-state index contributed by atoms with van der Waals surface area (Å²) in [4.78, 5) is 2.55. The van der Waals surface area contributed by atoms with E-state index in [4.69, 9.17) is 0 Å². The van der Waals surface area contributed by atoms with E-state index in [1.165, 1.54) is 32.5 Å². The van der Waals surface area contributed by atoms with E-state index >= 15 is 0 Å². The molecule has 0 aliphatic carbocycles. The van der Waals surface area contributed by atoms with E-state index in [-0.39, 0.29) is 0 Å². The normalized spacial score (nSPS) is 25.5. The van der Waals surface area contributed by atoms with E-state index in [0.717, 1.165) is 12.1 Å². The van der Waals surface area contributed by atoms with Crippen LogP contribution in [0.4, 0.5) is 0 Å². The van der Waals surface area contributed by atoms with Crippen LogP contribution in [-0.4, -0.2) is 36.6 Å². The van der Waals surface area contributed by atoms with Crippen LogP contribution < -0.4 is 5.32 Å². The standard InChI is InChI=1S/C10H22N2/c1-4-6-11-10-5-7-12(8-10)9(2)3/h9-11H,4-8H2,1-3H3/t10-/m0/s1. The summed E-state index contributed by atoms with van der Waals surface area (Å²) < 4.78 is 0. The largest absolute Gasteiger partial charge is 0.313 e. The van der Waals surface area contributed by atoms with Gasteiger partial charge in [-0.25, -0.2) is 0 Å². The van der Waals surface area contributed by atoms with Gasteiger partial charge in [0, 0.05) is 18.6 Å². The molecule has 1 aliphatic rings. The Labute approximate surface area is 76.3 Å². The Bertz CT molecular complexity index is 123. The Morgan fingerprint density at radius 1 is 1.50 bits per heavy atom. The fourth-order valence-electron chi connectivity index (χ4n) is 1.77. The highest BCUT2D eigenvalue weighted by Crippen LogP contribution is 2.11. The van der Waals surface area contributed by atoms with Gasteiger partial charge in [-0.05, 0) is 39.8 Å². The van der Waals surface area contributed by atoms with Crippen molar-refractivity contribution in [1.29, 1.82) is 0 Å². The van der Waals surface area contributed by atoms with E-state index < -0.39 is 0 Å². The van der Waals surface area contributed by atoms with Crippen molar-refractivity contribution in [2.75, 3.05) is 19.6 Å². The lowest BCUT2D eigenvalue weighted by molar-refractivity contribution is 0.268. The van der Waals surface area contributed by atoms with Gasteiger partial charge in [0.15, 0.2) is 0 Å². The van der Waals surface area contributed by atoms with Gasteiger partial charge >= 0.3 is 0 Å². The molecule has 1 heterocycles. The second-order valence-electron chi connectivity index (χ2n) is 4.03. The molecule has 1 N–H and O–H groups in total. The van der Waals surface area contributed by atoms with Crippen molar-refractivity contribution in [3.63, 3.8) is 0 Å². The summed E-state index contributed by atoms with van der Waals surface area (Å²) in [5.41, 5.74) is 0. The lowest BCUT2D eigenvalue weighted by Crippen LogP contribution is -2.35. The molecule has 0 aromatic heterocycles. The first-order valence-corrected chi connectivity index (χ1v) is 5.21. The van der Waals surface area contributed by atoms with Gasteiger partial charge in [-0.3, -0.25) is 4.90 Å². The first-order chi connectivity index (χ1) is 5.74. The SMILES string of the molecule is CCCN[C@H]1CCN(C(C)C)C1. The van der Waals surface area contributed by atoms with Crippen LogP contribution in [0.15, 0.2) is 0 Å². The molecule has 72 valence electrons. The van der Waals surface area contributed by atoms with Gasteiger partial charge in [0.2, 0.25) is 0 Å². The van der Waals surface area contributed by atoms with Crippen LogP contribution in [0.3, 0.4) is 0 Å². The minimum absolute atomic E-state index is 0.721. The van der Waals surface area contributed by atoms with Crippen LogP contribution in [0.25, 0.3) is 0 Å². The summed E-state index contributed by atoms with van der Waals surface area (Å²) in [5, 5.41) is 3.57. The Morgan fingerprint density at radius 3 is 2.75 bits per heavy atom. The lowest BCUT2D eigenvalue weighted by atomic mass is 10.2. The molecule has 0 saturated carbocycles. The molecule has 0 spiro atoms. The molecule has 0 radical (unpaired) electrons. The second-order valence-corrected chi connectivity index (χ2v) is 4.03. The molecule has 0 amide bonds. The Hall–Kier alpha value is -0.0800. The van der Waals surface area contributed by atoms with E-state index in [1.807, 2.05) is 0 Å². The minimum Gasteiger partial charge on any atom is -0.313 e. The van der Waals surface area contributed by atoms with Gasteiger partial charge in [-0.1, -0.05) is 6.92 Å². The van der Waals surface area contributed by atoms with Crippen molar-refractivity contribution in [1.82, 2.24) is 10.2 Å². The third kappa shape index (κ3) is 2.76. The predicted molar refractivity (Wildman–Crippen MR) is 53.4 cm³/mol. The maximum absolute atomic E-state index is 3.57. The summed E-state index contributed by atoms with van der Waals surface area (Å²) in [6.07, 6.45) is 2.58. The molecule has 12 heavy (non-hydrogen) atoms. The number of likely N-dealkylation sites (tertiary alicyclic amines) is 1. The molecular formula is C10H22N2. The van der Waals surface area contributed by atoms with Crippen LogP contribution in [0.2, 0.25) is 0 Å². The van der Waals surface area contributed by atoms with Crippen LogP contribution in [0.1, 0.15) is 33.6 Å². The summed E-state index contributed by atoms with van der Waals surface area (Å²) in [5.74, 6) is 0. The van der Waals surface area contributed by atoms with Crippen molar-refractivity contribution in [2.24, 2.45) is 0 Å². The highest BCUT2D eigenvalue weighted by Gasteiger charge is 2.22. The van der Waals surface area contributed by atoms with Crippen molar-refractivity contribution >= 4 is 0 Å². The van der Waals surface area contributed by atoms with Crippen LogP contribution >= 0.6 is 0 Å². The van der Waals surface area contributed by atoms with Gasteiger partial charge in [0.05, 0.1) is 0 Å². The maximum atomic E-state index is 3.57. The van der Waals surface area contributed by atoms with Crippen LogP contribution in [-0.2, 0) is 0 Å². The summed E-state index contributed by atoms with van der Waals surface area (Å²) in [6.45, 7) is 10.5. The zero-order valence-corrected chi connectivity index (χ0v) is 8.64. The molecule has 1 atom stereocenters. The number of rotatable bonds is 4. The van der Waals surface area contributed by atoms with Crippen molar-refractivity contribution in [3.05, 3.63) is 0 Å². The average molecular weight is 170 g/mol. The van der Waals surface area contributed by atoms with Gasteiger partial charge in [-0.2, -0.15) is 0 Å². The zero-order chi connectivity index (χ0) is 8.97. The number of nitrogens with zero attached hydrogens (tertiary/aromatic N) is 1. The van der Waals surface area contributed by atoms with E-state index in [2.05, 4.69) is 31.0 Å². The van der Waals surface area contributed by atoms with E-state index in [1.54, 1.807) is 0 Å². The average Bonchev–Trinajstić information content (AvgIpc) is 2.48. The lowest BCUT2D eigenvalue weighted by Gasteiger charge is -2.20. The molecule has 0 aromatic rings. The third-order valence-electron chi connectivity index (χ3n) is 2.63. The minimum atomic E-state index is 0.721. The maximum Gasteiger partial charge on any atom is 0.0207 e. The summed E-state index contributed by atoms with van der Waals surface area (Å²) >= 11 is 0. The highest BCUT2D eigenvalue weighted by atomic mass is 15.2. The van der Waals surface area contributed by atoms with Gasteiger partial charge in [-0.15, -0.1) is 0 Å². The number of hydrogen-bond donors (Lipinski definition) is 1. The highest BCUT2D eigenvalue weighted by molar-refractivity contribution is 4.82. The fourth-order valence-corrected chi connectivity index (χ4v) is 1.77. The molecule has 1 fully saturated rings. The Balaban J connectivity index is 2.17. The Morgan fingerprint density at radius 2 is 2.25 bits per heavy atom.